The number of benzene rings is 4. The zero-order chi connectivity index (χ0) is 32.7. The van der Waals surface area contributed by atoms with Crippen molar-refractivity contribution in [2.24, 2.45) is 0 Å². The van der Waals surface area contributed by atoms with Crippen LogP contribution < -0.4 is 9.62 Å². The van der Waals surface area contributed by atoms with E-state index in [1.54, 1.807) is 54.6 Å². The fourth-order valence-electron chi connectivity index (χ4n) is 5.01. The average molecular weight is 646 g/mol. The molecule has 9 heteroatoms. The number of nitrogens with zero attached hydrogens (tertiary/aromatic N) is 2. The van der Waals surface area contributed by atoms with E-state index in [1.165, 1.54) is 4.90 Å². The molecule has 0 saturated heterocycles. The van der Waals surface area contributed by atoms with E-state index in [0.29, 0.717) is 16.3 Å². The number of hydrogen-bond acceptors (Lipinski definition) is 4. The maximum atomic E-state index is 14.5. The summed E-state index contributed by atoms with van der Waals surface area (Å²) in [6.07, 6.45) is 0.236. The molecule has 45 heavy (non-hydrogen) atoms. The summed E-state index contributed by atoms with van der Waals surface area (Å²) in [6.45, 7) is 8.97. The minimum atomic E-state index is -4.17. The summed E-state index contributed by atoms with van der Waals surface area (Å²) in [5.41, 5.74) is 4.73. The molecule has 1 atom stereocenters. The quantitative estimate of drug-likeness (QED) is 0.188. The molecule has 1 N–H and O–H groups in total. The molecule has 4 aromatic carbocycles. The lowest BCUT2D eigenvalue weighted by Crippen LogP contribution is -2.54. The number of amides is 2. The number of aryl methyl sites for hydroxylation is 3. The first kappa shape index (κ1) is 33.7. The van der Waals surface area contributed by atoms with Crippen molar-refractivity contribution in [3.63, 3.8) is 0 Å². The second kappa shape index (κ2) is 14.8. The minimum Gasteiger partial charge on any atom is -0.352 e. The number of sulfonamides is 1. The summed E-state index contributed by atoms with van der Waals surface area (Å²) in [7, 11) is -4.17. The highest BCUT2D eigenvalue weighted by atomic mass is 35.5. The van der Waals surface area contributed by atoms with Crippen molar-refractivity contribution in [1.29, 1.82) is 0 Å². The zero-order valence-electron chi connectivity index (χ0n) is 26.3. The monoisotopic (exact) mass is 645 g/mol. The van der Waals surface area contributed by atoms with Crippen LogP contribution in [0.4, 0.5) is 5.69 Å². The third-order valence-electron chi connectivity index (χ3n) is 7.61. The summed E-state index contributed by atoms with van der Waals surface area (Å²) in [6, 6.07) is 27.3. The third kappa shape index (κ3) is 8.74. The Kier molecular flexibility index (Phi) is 11.1. The Labute approximate surface area is 271 Å². The topological polar surface area (TPSA) is 86.8 Å². The van der Waals surface area contributed by atoms with Crippen LogP contribution in [0.3, 0.4) is 0 Å². The normalized spacial score (nSPS) is 12.1. The zero-order valence-corrected chi connectivity index (χ0v) is 27.9. The van der Waals surface area contributed by atoms with Gasteiger partial charge >= 0.3 is 0 Å². The van der Waals surface area contributed by atoms with Crippen molar-refractivity contribution >= 4 is 39.1 Å². The van der Waals surface area contributed by atoms with Gasteiger partial charge in [0.15, 0.2) is 0 Å². The van der Waals surface area contributed by atoms with Gasteiger partial charge < -0.3 is 10.2 Å². The van der Waals surface area contributed by atoms with Gasteiger partial charge in [-0.25, -0.2) is 8.42 Å². The lowest BCUT2D eigenvalue weighted by molar-refractivity contribution is -0.140. The number of hydrogen-bond donors (Lipinski definition) is 1. The Balaban J connectivity index is 1.82. The molecule has 236 valence electrons. The van der Waals surface area contributed by atoms with Crippen molar-refractivity contribution in [2.45, 2.75) is 64.6 Å². The maximum Gasteiger partial charge on any atom is 0.264 e. The average Bonchev–Trinajstić information content (AvgIpc) is 2.99. The summed E-state index contributed by atoms with van der Waals surface area (Å²) >= 11 is 6.31. The molecule has 0 saturated carbocycles. The number of carbonyl (C=O) groups excluding carboxylic acids is 2. The van der Waals surface area contributed by atoms with Gasteiger partial charge in [0.1, 0.15) is 12.6 Å². The largest absolute Gasteiger partial charge is 0.352 e. The van der Waals surface area contributed by atoms with Crippen molar-refractivity contribution in [3.05, 3.63) is 130 Å². The molecule has 0 fully saturated rings. The first-order valence-electron chi connectivity index (χ1n) is 14.9. The van der Waals surface area contributed by atoms with Crippen LogP contribution in [0.1, 0.15) is 41.7 Å². The molecule has 0 radical (unpaired) electrons. The smallest absolute Gasteiger partial charge is 0.264 e. The Hall–Kier alpha value is -4.14. The van der Waals surface area contributed by atoms with Crippen molar-refractivity contribution < 1.29 is 18.0 Å². The van der Waals surface area contributed by atoms with Crippen molar-refractivity contribution in [3.8, 4) is 0 Å². The summed E-state index contributed by atoms with van der Waals surface area (Å²) in [5, 5.41) is 3.46. The van der Waals surface area contributed by atoms with Crippen molar-refractivity contribution in [2.75, 3.05) is 10.8 Å². The fourth-order valence-corrected chi connectivity index (χ4v) is 6.63. The molecular weight excluding hydrogens is 606 g/mol. The number of carbonyl (C=O) groups is 2. The lowest BCUT2D eigenvalue weighted by atomic mass is 10.0. The summed E-state index contributed by atoms with van der Waals surface area (Å²) in [4.78, 5) is 29.9. The predicted octanol–water partition coefficient (Wildman–Crippen LogP) is 6.63. The molecule has 0 heterocycles. The first-order valence-corrected chi connectivity index (χ1v) is 16.7. The van der Waals surface area contributed by atoms with Crippen LogP contribution in [0.5, 0.6) is 0 Å². The summed E-state index contributed by atoms with van der Waals surface area (Å²) < 4.78 is 29.5. The van der Waals surface area contributed by atoms with Gasteiger partial charge in [0.05, 0.1) is 10.6 Å². The van der Waals surface area contributed by atoms with Crippen LogP contribution in [0.2, 0.25) is 5.02 Å². The van der Waals surface area contributed by atoms with E-state index in [0.717, 1.165) is 26.6 Å². The molecule has 4 aromatic rings. The number of halogens is 1. The summed E-state index contributed by atoms with van der Waals surface area (Å²) in [5.74, 6) is -0.855. The lowest BCUT2D eigenvalue weighted by Gasteiger charge is -2.34. The van der Waals surface area contributed by atoms with E-state index in [-0.39, 0.29) is 29.8 Å². The molecule has 0 bridgehead atoms. The van der Waals surface area contributed by atoms with E-state index in [2.05, 4.69) is 5.32 Å². The molecular formula is C36H40ClN3O4S. The Bertz CT molecular complexity index is 1740. The van der Waals surface area contributed by atoms with Gasteiger partial charge in [-0.3, -0.25) is 13.9 Å². The second-order valence-corrected chi connectivity index (χ2v) is 13.9. The van der Waals surface area contributed by atoms with Gasteiger partial charge in [-0.05, 0) is 93.3 Å². The van der Waals surface area contributed by atoms with Gasteiger partial charge in [-0.1, -0.05) is 77.8 Å². The molecule has 0 aromatic heterocycles. The van der Waals surface area contributed by atoms with Gasteiger partial charge in [0.2, 0.25) is 11.8 Å². The van der Waals surface area contributed by atoms with Gasteiger partial charge in [-0.15, -0.1) is 0 Å². The van der Waals surface area contributed by atoms with Crippen LogP contribution in [-0.2, 0) is 32.6 Å². The maximum absolute atomic E-state index is 14.5. The Morgan fingerprint density at radius 3 is 2.09 bits per heavy atom. The van der Waals surface area contributed by atoms with Gasteiger partial charge in [0, 0.05) is 24.0 Å². The second-order valence-electron chi connectivity index (χ2n) is 11.6. The van der Waals surface area contributed by atoms with E-state index in [4.69, 9.17) is 11.6 Å². The minimum absolute atomic E-state index is 0.0494. The number of rotatable bonds is 12. The molecule has 0 unspecified atom stereocenters. The SMILES string of the molecule is Cc1ccc(S(=O)(=O)N(CC(=O)N(Cc2cccc(Cl)c2)[C@@H](Cc2ccccc2)C(=O)NC(C)C)c2ccc(C)c(C)c2)cc1. The van der Waals surface area contributed by atoms with E-state index < -0.39 is 28.5 Å². The standard InChI is InChI=1S/C36H40ClN3O4S/c1-25(2)38-36(42)34(22-29-10-7-6-8-11-29)39(23-30-12-9-13-31(37)21-30)35(41)24-40(32-17-16-27(4)28(5)20-32)45(43,44)33-18-14-26(3)15-19-33/h6-21,25,34H,22-24H2,1-5H3,(H,38,42)/t34-/m0/s1. The van der Waals surface area contributed by atoms with Crippen LogP contribution in [0, 0.1) is 20.8 Å². The van der Waals surface area contributed by atoms with E-state index in [1.807, 2.05) is 77.1 Å². The Morgan fingerprint density at radius 1 is 0.800 bits per heavy atom. The molecule has 0 spiro atoms. The third-order valence-corrected chi connectivity index (χ3v) is 9.63. The van der Waals surface area contributed by atoms with E-state index >= 15 is 0 Å². The van der Waals surface area contributed by atoms with Gasteiger partial charge in [-0.2, -0.15) is 0 Å². The fraction of sp³-hybridized carbons (Fsp3) is 0.278. The van der Waals surface area contributed by atoms with E-state index in [9.17, 15) is 18.0 Å². The van der Waals surface area contributed by atoms with Crippen LogP contribution in [0.15, 0.2) is 102 Å². The number of anilines is 1. The molecule has 7 nitrogen and oxygen atoms in total. The van der Waals surface area contributed by atoms with Crippen LogP contribution >= 0.6 is 11.6 Å². The van der Waals surface area contributed by atoms with Gasteiger partial charge in [0.25, 0.3) is 10.0 Å². The molecule has 2 amide bonds. The highest BCUT2D eigenvalue weighted by molar-refractivity contribution is 7.92. The number of nitrogens with one attached hydrogen (secondary N) is 1. The predicted molar refractivity (Wildman–Crippen MR) is 181 cm³/mol. The Morgan fingerprint density at radius 2 is 1.47 bits per heavy atom. The first-order chi connectivity index (χ1) is 21.3. The van der Waals surface area contributed by atoms with Crippen LogP contribution in [0.25, 0.3) is 0 Å². The highest BCUT2D eigenvalue weighted by Crippen LogP contribution is 2.27. The van der Waals surface area contributed by atoms with Crippen LogP contribution in [-0.4, -0.2) is 43.8 Å². The van der Waals surface area contributed by atoms with Crippen molar-refractivity contribution in [1.82, 2.24) is 10.2 Å². The molecule has 0 aliphatic carbocycles. The highest BCUT2D eigenvalue weighted by Gasteiger charge is 2.35. The molecule has 4 rings (SSSR count). The molecule has 0 aliphatic rings. The molecule has 0 aliphatic heterocycles.